The van der Waals surface area contributed by atoms with E-state index in [1.165, 1.54) is 11.1 Å². The average molecular weight is 518 g/mol. The van der Waals surface area contributed by atoms with Crippen LogP contribution in [0.5, 0.6) is 0 Å². The SMILES string of the molecule is COCCc1ccccc1CCCN1C(C)=C(C(=O)O)C(c2cccc(Cl)c2Cl)C(C(=O)O)=C1C. The molecule has 1 aliphatic rings. The number of halogens is 2. The highest BCUT2D eigenvalue weighted by atomic mass is 35.5. The van der Waals surface area contributed by atoms with Gasteiger partial charge in [0, 0.05) is 25.0 Å². The molecule has 8 heteroatoms. The van der Waals surface area contributed by atoms with Crippen molar-refractivity contribution in [3.63, 3.8) is 0 Å². The highest BCUT2D eigenvalue weighted by Gasteiger charge is 2.40. The van der Waals surface area contributed by atoms with Crippen molar-refractivity contribution in [3.05, 3.63) is 91.7 Å². The standard InChI is InChI=1S/C27H29Cl2NO5/c1-16-22(26(31)32)24(20-11-6-12-21(28)25(20)29)23(27(33)34)17(2)30(16)14-7-10-18-8-4-5-9-19(18)13-15-35-3/h4-6,8-9,11-12,24H,7,10,13-15H2,1-3H3,(H,31,32)(H,33,34). The third kappa shape index (κ3) is 5.72. The lowest BCUT2D eigenvalue weighted by Gasteiger charge is -2.37. The molecule has 1 aliphatic heterocycles. The number of carboxylic acid groups (broad SMARTS) is 2. The van der Waals surface area contributed by atoms with E-state index in [-0.39, 0.29) is 21.2 Å². The Balaban J connectivity index is 1.97. The van der Waals surface area contributed by atoms with Gasteiger partial charge in [0.2, 0.25) is 0 Å². The molecule has 0 aliphatic carbocycles. The smallest absolute Gasteiger partial charge is 0.334 e. The van der Waals surface area contributed by atoms with Gasteiger partial charge in [-0.1, -0.05) is 59.6 Å². The zero-order valence-electron chi connectivity index (χ0n) is 20.0. The normalized spacial score (nSPS) is 14.6. The molecule has 0 unspecified atom stereocenters. The molecule has 0 fully saturated rings. The fourth-order valence-corrected chi connectivity index (χ4v) is 5.15. The molecule has 0 bridgehead atoms. The summed E-state index contributed by atoms with van der Waals surface area (Å²) in [4.78, 5) is 26.6. The zero-order valence-corrected chi connectivity index (χ0v) is 21.5. The molecule has 2 N–H and O–H groups in total. The number of aryl methyl sites for hydroxylation is 1. The van der Waals surface area contributed by atoms with Crippen LogP contribution in [-0.4, -0.2) is 47.3 Å². The molecule has 3 rings (SSSR count). The largest absolute Gasteiger partial charge is 0.478 e. The van der Waals surface area contributed by atoms with E-state index in [4.69, 9.17) is 27.9 Å². The molecule has 186 valence electrons. The van der Waals surface area contributed by atoms with Crippen molar-refractivity contribution in [1.82, 2.24) is 4.90 Å². The fraction of sp³-hybridized carbons (Fsp3) is 0.333. The summed E-state index contributed by atoms with van der Waals surface area (Å²) in [5, 5.41) is 20.7. The summed E-state index contributed by atoms with van der Waals surface area (Å²) < 4.78 is 5.21. The van der Waals surface area contributed by atoms with Crippen molar-refractivity contribution in [2.45, 2.75) is 39.0 Å². The monoisotopic (exact) mass is 517 g/mol. The summed E-state index contributed by atoms with van der Waals surface area (Å²) in [7, 11) is 1.67. The van der Waals surface area contributed by atoms with Crippen molar-refractivity contribution < 1.29 is 24.5 Å². The van der Waals surface area contributed by atoms with Crippen LogP contribution >= 0.6 is 23.2 Å². The number of hydrogen-bond donors (Lipinski definition) is 2. The minimum absolute atomic E-state index is 0.0161. The molecule has 1 heterocycles. The Morgan fingerprint density at radius 2 is 1.49 bits per heavy atom. The number of carbonyl (C=O) groups is 2. The molecule has 6 nitrogen and oxygen atoms in total. The van der Waals surface area contributed by atoms with E-state index in [9.17, 15) is 19.8 Å². The van der Waals surface area contributed by atoms with Crippen molar-refractivity contribution in [2.24, 2.45) is 0 Å². The minimum atomic E-state index is -1.19. The first kappa shape index (κ1) is 26.8. The second-order valence-corrected chi connectivity index (χ2v) is 9.24. The molecular weight excluding hydrogens is 489 g/mol. The molecule has 0 saturated heterocycles. The highest BCUT2D eigenvalue weighted by Crippen LogP contribution is 2.45. The van der Waals surface area contributed by atoms with E-state index in [0.29, 0.717) is 36.5 Å². The van der Waals surface area contributed by atoms with Crippen LogP contribution in [0.1, 0.15) is 42.9 Å². The average Bonchev–Trinajstić information content (AvgIpc) is 2.81. The Bertz CT molecular complexity index is 1150. The van der Waals surface area contributed by atoms with E-state index in [2.05, 4.69) is 12.1 Å². The Hall–Kier alpha value is -2.80. The number of benzene rings is 2. The van der Waals surface area contributed by atoms with Crippen LogP contribution in [0, 0.1) is 0 Å². The van der Waals surface area contributed by atoms with Gasteiger partial charge in [-0.05, 0) is 55.9 Å². The van der Waals surface area contributed by atoms with E-state index in [0.717, 1.165) is 12.8 Å². The minimum Gasteiger partial charge on any atom is -0.478 e. The summed E-state index contributed by atoms with van der Waals surface area (Å²) in [5.74, 6) is -3.42. The first-order valence-electron chi connectivity index (χ1n) is 11.3. The van der Waals surface area contributed by atoms with E-state index >= 15 is 0 Å². The van der Waals surface area contributed by atoms with Gasteiger partial charge >= 0.3 is 11.9 Å². The topological polar surface area (TPSA) is 87.1 Å². The molecule has 0 amide bonds. The van der Waals surface area contributed by atoms with Gasteiger partial charge in [-0.25, -0.2) is 9.59 Å². The lowest BCUT2D eigenvalue weighted by atomic mass is 9.79. The van der Waals surface area contributed by atoms with Crippen LogP contribution < -0.4 is 0 Å². The number of allylic oxidation sites excluding steroid dienone is 2. The van der Waals surface area contributed by atoms with Gasteiger partial charge in [-0.15, -0.1) is 0 Å². The Morgan fingerprint density at radius 3 is 2.03 bits per heavy atom. The van der Waals surface area contributed by atoms with Crippen LogP contribution in [0.25, 0.3) is 0 Å². The van der Waals surface area contributed by atoms with Crippen molar-refractivity contribution in [3.8, 4) is 0 Å². The summed E-state index contributed by atoms with van der Waals surface area (Å²) >= 11 is 12.6. The third-order valence-electron chi connectivity index (χ3n) is 6.44. The Labute approximate surface area is 215 Å². The predicted molar refractivity (Wildman–Crippen MR) is 137 cm³/mol. The molecule has 35 heavy (non-hydrogen) atoms. The quantitative estimate of drug-likeness (QED) is 0.406. The Kier molecular flexibility index (Phi) is 9.00. The van der Waals surface area contributed by atoms with Crippen molar-refractivity contribution in [1.29, 1.82) is 0 Å². The van der Waals surface area contributed by atoms with Crippen molar-refractivity contribution >= 4 is 35.1 Å². The zero-order chi connectivity index (χ0) is 25.7. The van der Waals surface area contributed by atoms with E-state index in [1.54, 1.807) is 44.1 Å². The lowest BCUT2D eigenvalue weighted by molar-refractivity contribution is -0.133. The highest BCUT2D eigenvalue weighted by molar-refractivity contribution is 6.42. The molecule has 0 radical (unpaired) electrons. The maximum atomic E-state index is 12.4. The second-order valence-electron chi connectivity index (χ2n) is 8.45. The van der Waals surface area contributed by atoms with Gasteiger partial charge < -0.3 is 19.8 Å². The Morgan fingerprint density at radius 1 is 0.914 bits per heavy atom. The number of ether oxygens (including phenoxy) is 1. The third-order valence-corrected chi connectivity index (χ3v) is 7.28. The van der Waals surface area contributed by atoms with Crippen LogP contribution in [0.15, 0.2) is 65.0 Å². The van der Waals surface area contributed by atoms with Crippen LogP contribution in [-0.2, 0) is 27.2 Å². The van der Waals surface area contributed by atoms with Crippen LogP contribution in [0.3, 0.4) is 0 Å². The maximum absolute atomic E-state index is 12.4. The van der Waals surface area contributed by atoms with E-state index < -0.39 is 17.9 Å². The number of hydrogen-bond acceptors (Lipinski definition) is 4. The van der Waals surface area contributed by atoms with Gasteiger partial charge in [-0.3, -0.25) is 0 Å². The molecule has 2 aromatic rings. The molecule has 0 saturated carbocycles. The van der Waals surface area contributed by atoms with Gasteiger partial charge in [0.15, 0.2) is 0 Å². The molecule has 2 aromatic carbocycles. The summed E-state index contributed by atoms with van der Waals surface area (Å²) in [5.41, 5.74) is 3.73. The molecule has 0 spiro atoms. The molecule has 0 atom stereocenters. The van der Waals surface area contributed by atoms with Gasteiger partial charge in [0.05, 0.1) is 33.7 Å². The van der Waals surface area contributed by atoms with Gasteiger partial charge in [-0.2, -0.15) is 0 Å². The second kappa shape index (κ2) is 11.8. The predicted octanol–water partition coefficient (Wildman–Crippen LogP) is 5.93. The summed E-state index contributed by atoms with van der Waals surface area (Å²) in [6.45, 7) is 4.52. The number of rotatable bonds is 10. The first-order chi connectivity index (χ1) is 16.7. The first-order valence-corrected chi connectivity index (χ1v) is 12.1. The number of carboxylic acids is 2. The number of aliphatic carboxylic acids is 2. The summed E-state index contributed by atoms with van der Waals surface area (Å²) in [6.07, 6.45) is 2.29. The maximum Gasteiger partial charge on any atom is 0.334 e. The summed E-state index contributed by atoms with van der Waals surface area (Å²) in [6, 6.07) is 13.0. The number of methoxy groups -OCH3 is 1. The van der Waals surface area contributed by atoms with Gasteiger partial charge in [0.1, 0.15) is 0 Å². The van der Waals surface area contributed by atoms with Crippen LogP contribution in [0.4, 0.5) is 0 Å². The molecular formula is C27H29Cl2NO5. The van der Waals surface area contributed by atoms with Gasteiger partial charge in [0.25, 0.3) is 0 Å². The number of nitrogens with zero attached hydrogens (tertiary/aromatic N) is 1. The van der Waals surface area contributed by atoms with Crippen LogP contribution in [0.2, 0.25) is 10.0 Å². The fourth-order valence-electron chi connectivity index (χ4n) is 4.74. The lowest BCUT2D eigenvalue weighted by Crippen LogP contribution is -2.35. The van der Waals surface area contributed by atoms with E-state index in [1.807, 2.05) is 12.1 Å². The van der Waals surface area contributed by atoms with Crippen molar-refractivity contribution in [2.75, 3.05) is 20.3 Å². The molecule has 0 aromatic heterocycles.